The van der Waals surface area contributed by atoms with Gasteiger partial charge in [0.05, 0.1) is 5.02 Å². The minimum atomic E-state index is 0.107. The highest BCUT2D eigenvalue weighted by Gasteiger charge is 2.17. The second kappa shape index (κ2) is 3.44. The molecule has 1 heterocycles. The summed E-state index contributed by atoms with van der Waals surface area (Å²) in [6, 6.07) is 3.62. The van der Waals surface area contributed by atoms with Crippen LogP contribution in [0.1, 0.15) is 5.56 Å². The van der Waals surface area contributed by atoms with Gasteiger partial charge in [0.2, 0.25) is 6.79 Å². The van der Waals surface area contributed by atoms with Crippen LogP contribution in [0, 0.1) is 0 Å². The Balaban J connectivity index is 2.37. The van der Waals surface area contributed by atoms with Gasteiger partial charge in [0, 0.05) is 6.61 Å². The lowest BCUT2D eigenvalue weighted by Gasteiger charge is -2.02. The molecule has 0 aliphatic carbocycles. The average molecular weight is 201 g/mol. The van der Waals surface area contributed by atoms with Gasteiger partial charge in [0.1, 0.15) is 0 Å². The van der Waals surface area contributed by atoms with Crippen molar-refractivity contribution in [3.8, 4) is 11.5 Å². The number of fused-ring (bicyclic) bond motifs is 1. The van der Waals surface area contributed by atoms with Crippen LogP contribution in [0.25, 0.3) is 0 Å². The maximum Gasteiger partial charge on any atom is 0.231 e. The molecule has 1 aliphatic heterocycles. The highest BCUT2D eigenvalue weighted by Crippen LogP contribution is 2.39. The summed E-state index contributed by atoms with van der Waals surface area (Å²) in [6.45, 7) is 0.327. The number of halogens is 1. The molecular weight excluding hydrogens is 192 g/mol. The maximum absolute atomic E-state index is 8.74. The van der Waals surface area contributed by atoms with Crippen LogP contribution in [-0.2, 0) is 6.42 Å². The second-order valence-corrected chi connectivity index (χ2v) is 3.19. The smallest absolute Gasteiger partial charge is 0.231 e. The summed E-state index contributed by atoms with van der Waals surface area (Å²) in [6.07, 6.45) is 0.580. The highest BCUT2D eigenvalue weighted by atomic mass is 35.5. The molecule has 1 N–H and O–H groups in total. The molecular formula is C9H9ClO3. The van der Waals surface area contributed by atoms with E-state index < -0.39 is 0 Å². The molecule has 1 aromatic rings. The third-order valence-corrected chi connectivity index (χ3v) is 2.17. The Bertz CT molecular complexity index is 325. The predicted molar refractivity (Wildman–Crippen MR) is 48.4 cm³/mol. The molecule has 0 saturated heterocycles. The van der Waals surface area contributed by atoms with Crippen LogP contribution in [0.3, 0.4) is 0 Å². The first-order valence-electron chi connectivity index (χ1n) is 4.00. The SMILES string of the molecule is OCCc1cc(Cl)c2c(c1)OCO2. The van der Waals surface area contributed by atoms with Crippen LogP contribution < -0.4 is 9.47 Å². The molecule has 0 amide bonds. The molecule has 13 heavy (non-hydrogen) atoms. The minimum absolute atomic E-state index is 0.107. The van der Waals surface area contributed by atoms with Crippen molar-refractivity contribution >= 4 is 11.6 Å². The fourth-order valence-corrected chi connectivity index (χ4v) is 1.58. The van der Waals surface area contributed by atoms with Crippen molar-refractivity contribution in [2.45, 2.75) is 6.42 Å². The van der Waals surface area contributed by atoms with Crippen LogP contribution in [0.5, 0.6) is 11.5 Å². The quantitative estimate of drug-likeness (QED) is 0.788. The largest absolute Gasteiger partial charge is 0.454 e. The van der Waals surface area contributed by atoms with E-state index in [9.17, 15) is 0 Å². The summed E-state index contributed by atoms with van der Waals surface area (Å²) in [4.78, 5) is 0. The zero-order valence-corrected chi connectivity index (χ0v) is 7.67. The third kappa shape index (κ3) is 1.57. The van der Waals surface area contributed by atoms with Gasteiger partial charge in [-0.2, -0.15) is 0 Å². The van der Waals surface area contributed by atoms with Crippen molar-refractivity contribution in [1.29, 1.82) is 0 Å². The van der Waals surface area contributed by atoms with E-state index in [-0.39, 0.29) is 13.4 Å². The van der Waals surface area contributed by atoms with E-state index in [1.807, 2.05) is 6.07 Å². The van der Waals surface area contributed by atoms with Gasteiger partial charge >= 0.3 is 0 Å². The molecule has 0 radical (unpaired) electrons. The number of benzene rings is 1. The van der Waals surface area contributed by atoms with Gasteiger partial charge in [-0.05, 0) is 24.1 Å². The molecule has 0 saturated carbocycles. The first-order valence-corrected chi connectivity index (χ1v) is 4.38. The average Bonchev–Trinajstić information content (AvgIpc) is 2.53. The summed E-state index contributed by atoms with van der Waals surface area (Å²) in [7, 11) is 0. The standard InChI is InChI=1S/C9H9ClO3/c10-7-3-6(1-2-11)4-8-9(7)13-5-12-8/h3-4,11H,1-2,5H2. The van der Waals surface area contributed by atoms with Gasteiger partial charge in [-0.25, -0.2) is 0 Å². The number of hydrogen-bond acceptors (Lipinski definition) is 3. The van der Waals surface area contributed by atoms with E-state index in [4.69, 9.17) is 26.2 Å². The van der Waals surface area contributed by atoms with Gasteiger partial charge in [-0.1, -0.05) is 11.6 Å². The van der Waals surface area contributed by atoms with Crippen molar-refractivity contribution in [1.82, 2.24) is 0 Å². The Hall–Kier alpha value is -0.930. The summed E-state index contributed by atoms with van der Waals surface area (Å²) in [5.74, 6) is 1.26. The Morgan fingerprint density at radius 3 is 3.00 bits per heavy atom. The fourth-order valence-electron chi connectivity index (χ4n) is 1.29. The van der Waals surface area contributed by atoms with Gasteiger partial charge in [0.25, 0.3) is 0 Å². The molecule has 0 fully saturated rings. The summed E-state index contributed by atoms with van der Waals surface area (Å²) < 4.78 is 10.3. The zero-order chi connectivity index (χ0) is 9.26. The summed E-state index contributed by atoms with van der Waals surface area (Å²) in [5.41, 5.74) is 0.955. The maximum atomic E-state index is 8.74. The molecule has 0 spiro atoms. The topological polar surface area (TPSA) is 38.7 Å². The van der Waals surface area contributed by atoms with Gasteiger partial charge in [-0.15, -0.1) is 0 Å². The van der Waals surface area contributed by atoms with E-state index in [2.05, 4.69) is 0 Å². The monoisotopic (exact) mass is 200 g/mol. The normalized spacial score (nSPS) is 13.4. The zero-order valence-electron chi connectivity index (χ0n) is 6.92. The molecule has 4 heteroatoms. The fraction of sp³-hybridized carbons (Fsp3) is 0.333. The number of aliphatic hydroxyl groups is 1. The second-order valence-electron chi connectivity index (χ2n) is 2.79. The molecule has 1 aliphatic rings. The Kier molecular flexibility index (Phi) is 2.29. The van der Waals surface area contributed by atoms with E-state index in [0.717, 1.165) is 5.56 Å². The van der Waals surface area contributed by atoms with Crippen LogP contribution in [0.15, 0.2) is 12.1 Å². The highest BCUT2D eigenvalue weighted by molar-refractivity contribution is 6.32. The number of ether oxygens (including phenoxy) is 2. The first-order chi connectivity index (χ1) is 6.31. The van der Waals surface area contributed by atoms with Crippen LogP contribution in [0.2, 0.25) is 5.02 Å². The molecule has 70 valence electrons. The molecule has 0 atom stereocenters. The van der Waals surface area contributed by atoms with Gasteiger partial charge in [-0.3, -0.25) is 0 Å². The van der Waals surface area contributed by atoms with Crippen LogP contribution in [0.4, 0.5) is 0 Å². The Labute approximate surface area is 80.8 Å². The van der Waals surface area contributed by atoms with Crippen LogP contribution in [-0.4, -0.2) is 18.5 Å². The molecule has 0 bridgehead atoms. The van der Waals surface area contributed by atoms with E-state index in [1.165, 1.54) is 0 Å². The summed E-state index contributed by atoms with van der Waals surface area (Å²) in [5, 5.41) is 9.28. The molecule has 0 unspecified atom stereocenters. The minimum Gasteiger partial charge on any atom is -0.454 e. The van der Waals surface area contributed by atoms with Crippen LogP contribution >= 0.6 is 11.6 Å². The lowest BCUT2D eigenvalue weighted by molar-refractivity contribution is 0.174. The summed E-state index contributed by atoms with van der Waals surface area (Å²) >= 11 is 5.92. The number of rotatable bonds is 2. The lowest BCUT2D eigenvalue weighted by atomic mass is 10.1. The number of hydrogen-bond donors (Lipinski definition) is 1. The van der Waals surface area contributed by atoms with Crippen molar-refractivity contribution < 1.29 is 14.6 Å². The van der Waals surface area contributed by atoms with E-state index in [1.54, 1.807) is 6.07 Å². The van der Waals surface area contributed by atoms with Crippen molar-refractivity contribution in [2.75, 3.05) is 13.4 Å². The lowest BCUT2D eigenvalue weighted by Crippen LogP contribution is -1.93. The van der Waals surface area contributed by atoms with Gasteiger partial charge < -0.3 is 14.6 Å². The third-order valence-electron chi connectivity index (χ3n) is 1.89. The number of aliphatic hydroxyl groups excluding tert-OH is 1. The van der Waals surface area contributed by atoms with Crippen molar-refractivity contribution in [2.24, 2.45) is 0 Å². The van der Waals surface area contributed by atoms with E-state index >= 15 is 0 Å². The predicted octanol–water partition coefficient (Wildman–Crippen LogP) is 1.60. The van der Waals surface area contributed by atoms with E-state index in [0.29, 0.717) is 22.9 Å². The molecule has 0 aromatic heterocycles. The van der Waals surface area contributed by atoms with Crippen molar-refractivity contribution in [3.63, 3.8) is 0 Å². The molecule has 3 nitrogen and oxygen atoms in total. The molecule has 2 rings (SSSR count). The molecule has 1 aromatic carbocycles. The van der Waals surface area contributed by atoms with Gasteiger partial charge in [0.15, 0.2) is 11.5 Å². The Morgan fingerprint density at radius 2 is 2.23 bits per heavy atom. The first kappa shape index (κ1) is 8.66. The van der Waals surface area contributed by atoms with Crippen molar-refractivity contribution in [3.05, 3.63) is 22.7 Å². The Morgan fingerprint density at radius 1 is 1.38 bits per heavy atom.